The van der Waals surface area contributed by atoms with Crippen molar-refractivity contribution in [2.24, 2.45) is 0 Å². The first-order chi connectivity index (χ1) is 6.02. The third kappa shape index (κ3) is 2.13. The van der Waals surface area contributed by atoms with Crippen LogP contribution >= 0.6 is 11.6 Å². The van der Waals surface area contributed by atoms with Crippen molar-refractivity contribution in [3.05, 3.63) is 28.8 Å². The fraction of sp³-hybridized carbons (Fsp3) is 0.143. The van der Waals surface area contributed by atoms with Gasteiger partial charge in [-0.3, -0.25) is 0 Å². The van der Waals surface area contributed by atoms with Crippen molar-refractivity contribution >= 4 is 17.6 Å². The predicted molar refractivity (Wildman–Crippen MR) is 41.8 cm³/mol. The molecule has 2 N–H and O–H groups in total. The SMILES string of the molecule is O=C(O)C(O)c1cc(Cl)cnc1F. The summed E-state index contributed by atoms with van der Waals surface area (Å²) in [6.45, 7) is 0. The lowest BCUT2D eigenvalue weighted by Gasteiger charge is -2.05. The zero-order valence-corrected chi connectivity index (χ0v) is 6.99. The van der Waals surface area contributed by atoms with Crippen LogP contribution in [0.25, 0.3) is 0 Å². The van der Waals surface area contributed by atoms with Crippen molar-refractivity contribution in [1.29, 1.82) is 0 Å². The van der Waals surface area contributed by atoms with Gasteiger partial charge in [-0.2, -0.15) is 4.39 Å². The summed E-state index contributed by atoms with van der Waals surface area (Å²) in [5.41, 5.74) is -0.444. The van der Waals surface area contributed by atoms with Crippen LogP contribution in [-0.2, 0) is 4.79 Å². The molecule has 0 saturated heterocycles. The van der Waals surface area contributed by atoms with Gasteiger partial charge in [0.15, 0.2) is 6.10 Å². The van der Waals surface area contributed by atoms with Crippen LogP contribution in [0.2, 0.25) is 5.02 Å². The van der Waals surface area contributed by atoms with E-state index < -0.39 is 23.6 Å². The average molecular weight is 206 g/mol. The molecule has 0 aliphatic rings. The van der Waals surface area contributed by atoms with Crippen molar-refractivity contribution in [3.63, 3.8) is 0 Å². The van der Waals surface area contributed by atoms with Gasteiger partial charge in [-0.25, -0.2) is 9.78 Å². The number of aromatic nitrogens is 1. The third-order valence-electron chi connectivity index (χ3n) is 1.36. The quantitative estimate of drug-likeness (QED) is 0.707. The van der Waals surface area contributed by atoms with Crippen LogP contribution < -0.4 is 0 Å². The van der Waals surface area contributed by atoms with E-state index in [9.17, 15) is 9.18 Å². The van der Waals surface area contributed by atoms with Crippen molar-refractivity contribution in [1.82, 2.24) is 4.98 Å². The molecule has 0 amide bonds. The van der Waals surface area contributed by atoms with Crippen molar-refractivity contribution < 1.29 is 19.4 Å². The first kappa shape index (κ1) is 9.88. The molecule has 1 aromatic heterocycles. The van der Waals surface area contributed by atoms with Gasteiger partial charge in [0.1, 0.15) is 0 Å². The summed E-state index contributed by atoms with van der Waals surface area (Å²) in [7, 11) is 0. The molecule has 6 heteroatoms. The van der Waals surface area contributed by atoms with Gasteiger partial charge in [0.2, 0.25) is 5.95 Å². The normalized spacial score (nSPS) is 12.5. The number of hydrogen-bond acceptors (Lipinski definition) is 3. The lowest BCUT2D eigenvalue weighted by molar-refractivity contribution is -0.147. The van der Waals surface area contributed by atoms with Gasteiger partial charge in [-0.05, 0) is 6.07 Å². The summed E-state index contributed by atoms with van der Waals surface area (Å²) < 4.78 is 12.8. The molecule has 1 heterocycles. The molecule has 4 nitrogen and oxygen atoms in total. The molecule has 70 valence electrons. The summed E-state index contributed by atoms with van der Waals surface area (Å²) in [4.78, 5) is 13.4. The van der Waals surface area contributed by atoms with Crippen LogP contribution in [0.15, 0.2) is 12.3 Å². The van der Waals surface area contributed by atoms with Crippen LogP contribution in [0.5, 0.6) is 0 Å². The molecule has 1 atom stereocenters. The fourth-order valence-electron chi connectivity index (χ4n) is 0.763. The second kappa shape index (κ2) is 3.67. The minimum Gasteiger partial charge on any atom is -0.479 e. The maximum atomic E-state index is 12.8. The fourth-order valence-corrected chi connectivity index (χ4v) is 0.929. The van der Waals surface area contributed by atoms with Crippen molar-refractivity contribution in [2.45, 2.75) is 6.10 Å². The van der Waals surface area contributed by atoms with Crippen molar-refractivity contribution in [3.8, 4) is 0 Å². The van der Waals surface area contributed by atoms with Gasteiger partial charge >= 0.3 is 5.97 Å². The van der Waals surface area contributed by atoms with E-state index in [2.05, 4.69) is 4.98 Å². The number of carbonyl (C=O) groups is 1. The van der Waals surface area contributed by atoms with Gasteiger partial charge < -0.3 is 10.2 Å². The molecule has 0 radical (unpaired) electrons. The number of halogens is 2. The molecular weight excluding hydrogens is 201 g/mol. The minimum absolute atomic E-state index is 0.0664. The molecule has 0 aliphatic carbocycles. The highest BCUT2D eigenvalue weighted by Crippen LogP contribution is 2.19. The zero-order valence-electron chi connectivity index (χ0n) is 6.24. The first-order valence-electron chi connectivity index (χ1n) is 3.24. The smallest absolute Gasteiger partial charge is 0.337 e. The summed E-state index contributed by atoms with van der Waals surface area (Å²) >= 11 is 5.43. The van der Waals surface area contributed by atoms with E-state index in [1.165, 1.54) is 0 Å². The Bertz CT molecular complexity index is 345. The zero-order chi connectivity index (χ0) is 10.0. The second-order valence-electron chi connectivity index (χ2n) is 2.27. The number of pyridine rings is 1. The molecule has 0 aromatic carbocycles. The Balaban J connectivity index is 3.12. The standard InChI is InChI=1S/C7H5ClFNO3/c8-3-1-4(5(11)7(12)13)6(9)10-2-3/h1-2,5,11H,(H,12,13). The topological polar surface area (TPSA) is 70.4 Å². The number of aliphatic hydroxyl groups is 1. The molecule has 0 fully saturated rings. The van der Waals surface area contributed by atoms with E-state index in [1.807, 2.05) is 0 Å². The number of nitrogens with zero attached hydrogens (tertiary/aromatic N) is 1. The number of rotatable bonds is 2. The highest BCUT2D eigenvalue weighted by molar-refractivity contribution is 6.30. The van der Waals surface area contributed by atoms with Gasteiger partial charge in [0.05, 0.1) is 5.02 Å². The number of carboxylic acid groups (broad SMARTS) is 1. The van der Waals surface area contributed by atoms with Gasteiger partial charge in [0.25, 0.3) is 0 Å². The largest absolute Gasteiger partial charge is 0.479 e. The van der Waals surface area contributed by atoms with Crippen LogP contribution in [0, 0.1) is 5.95 Å². The Hall–Kier alpha value is -1.20. The Kier molecular flexibility index (Phi) is 2.79. The van der Waals surface area contributed by atoms with E-state index >= 15 is 0 Å². The summed E-state index contributed by atoms with van der Waals surface area (Å²) in [6.07, 6.45) is -0.916. The lowest BCUT2D eigenvalue weighted by atomic mass is 10.1. The highest BCUT2D eigenvalue weighted by Gasteiger charge is 2.20. The molecule has 1 rings (SSSR count). The molecule has 1 unspecified atom stereocenters. The lowest BCUT2D eigenvalue weighted by Crippen LogP contribution is -2.12. The molecule has 0 aliphatic heterocycles. The Labute approximate surface area is 77.6 Å². The number of aliphatic hydroxyl groups excluding tert-OH is 1. The first-order valence-corrected chi connectivity index (χ1v) is 3.62. The third-order valence-corrected chi connectivity index (χ3v) is 1.57. The van der Waals surface area contributed by atoms with Crippen LogP contribution in [-0.4, -0.2) is 21.2 Å². The molecule has 0 saturated carbocycles. The van der Waals surface area contributed by atoms with E-state index in [0.717, 1.165) is 12.3 Å². The molecule has 0 bridgehead atoms. The van der Waals surface area contributed by atoms with Crippen molar-refractivity contribution in [2.75, 3.05) is 0 Å². The highest BCUT2D eigenvalue weighted by atomic mass is 35.5. The van der Waals surface area contributed by atoms with Crippen LogP contribution in [0.4, 0.5) is 4.39 Å². The minimum atomic E-state index is -1.94. The van der Waals surface area contributed by atoms with E-state index in [1.54, 1.807) is 0 Å². The van der Waals surface area contributed by atoms with E-state index in [0.29, 0.717) is 0 Å². The maximum absolute atomic E-state index is 12.8. The molecule has 0 spiro atoms. The Morgan fingerprint density at radius 2 is 2.31 bits per heavy atom. The molecule has 13 heavy (non-hydrogen) atoms. The van der Waals surface area contributed by atoms with Crippen LogP contribution in [0.3, 0.4) is 0 Å². The summed E-state index contributed by atoms with van der Waals surface area (Å²) in [5, 5.41) is 17.4. The maximum Gasteiger partial charge on any atom is 0.337 e. The van der Waals surface area contributed by atoms with Gasteiger partial charge in [-0.15, -0.1) is 0 Å². The number of carboxylic acids is 1. The Morgan fingerprint density at radius 3 is 2.85 bits per heavy atom. The monoisotopic (exact) mass is 205 g/mol. The summed E-state index contributed by atoms with van der Waals surface area (Å²) in [5.74, 6) is -2.60. The Morgan fingerprint density at radius 1 is 1.69 bits per heavy atom. The van der Waals surface area contributed by atoms with Gasteiger partial charge in [0, 0.05) is 11.8 Å². The van der Waals surface area contributed by atoms with Crippen LogP contribution in [0.1, 0.15) is 11.7 Å². The number of hydrogen-bond donors (Lipinski definition) is 2. The van der Waals surface area contributed by atoms with E-state index in [4.69, 9.17) is 21.8 Å². The molecular formula is C7H5ClFNO3. The number of aliphatic carboxylic acids is 1. The average Bonchev–Trinajstić information content (AvgIpc) is 2.08. The molecule has 1 aromatic rings. The van der Waals surface area contributed by atoms with Gasteiger partial charge in [-0.1, -0.05) is 11.6 Å². The second-order valence-corrected chi connectivity index (χ2v) is 2.71. The van der Waals surface area contributed by atoms with E-state index in [-0.39, 0.29) is 5.02 Å². The summed E-state index contributed by atoms with van der Waals surface area (Å²) in [6, 6.07) is 1.02. The predicted octanol–water partition coefficient (Wildman–Crippen LogP) is 0.992.